The van der Waals surface area contributed by atoms with Crippen LogP contribution in [0.1, 0.15) is 27.7 Å². The highest BCUT2D eigenvalue weighted by atomic mass is 16.5. The molecular formula is C13H26N2O3. The van der Waals surface area contributed by atoms with Crippen molar-refractivity contribution in [1.82, 2.24) is 9.80 Å². The third-order valence-corrected chi connectivity index (χ3v) is 3.30. The number of hydrogen-bond acceptors (Lipinski definition) is 4. The largest absolute Gasteiger partial charge is 0.389 e. The van der Waals surface area contributed by atoms with Crippen LogP contribution in [0.2, 0.25) is 0 Å². The number of piperazine rings is 1. The SMILES string of the molecule is COC(C)(C)C(=O)N1CCN(CC(C)(C)O)CC1. The predicted octanol–water partition coefficient (Wildman–Crippen LogP) is 0.327. The maximum absolute atomic E-state index is 12.2. The van der Waals surface area contributed by atoms with Crippen LogP contribution in [-0.4, -0.2) is 71.8 Å². The van der Waals surface area contributed by atoms with Gasteiger partial charge in [0.2, 0.25) is 0 Å². The smallest absolute Gasteiger partial charge is 0.254 e. The van der Waals surface area contributed by atoms with Crippen molar-refractivity contribution < 1.29 is 14.6 Å². The molecule has 1 aliphatic heterocycles. The second-order valence-corrected chi connectivity index (χ2v) is 6.10. The number of carbonyl (C=O) groups excluding carboxylic acids is 1. The van der Waals surface area contributed by atoms with Crippen LogP contribution < -0.4 is 0 Å². The molecular weight excluding hydrogens is 232 g/mol. The number of ether oxygens (including phenoxy) is 1. The van der Waals surface area contributed by atoms with Crippen molar-refractivity contribution in [3.8, 4) is 0 Å². The van der Waals surface area contributed by atoms with E-state index >= 15 is 0 Å². The molecule has 0 aliphatic carbocycles. The Kier molecular flexibility index (Phi) is 4.75. The summed E-state index contributed by atoms with van der Waals surface area (Å²) in [7, 11) is 1.56. The Morgan fingerprint density at radius 1 is 1.17 bits per heavy atom. The van der Waals surface area contributed by atoms with E-state index in [0.717, 1.165) is 13.1 Å². The normalized spacial score (nSPS) is 19.1. The topological polar surface area (TPSA) is 53.0 Å². The quantitative estimate of drug-likeness (QED) is 0.789. The van der Waals surface area contributed by atoms with Gasteiger partial charge >= 0.3 is 0 Å². The molecule has 106 valence electrons. The predicted molar refractivity (Wildman–Crippen MR) is 70.4 cm³/mol. The highest BCUT2D eigenvalue weighted by molar-refractivity contribution is 5.84. The number of methoxy groups -OCH3 is 1. The molecule has 5 nitrogen and oxygen atoms in total. The lowest BCUT2D eigenvalue weighted by Crippen LogP contribution is -2.56. The van der Waals surface area contributed by atoms with Crippen LogP contribution in [0.5, 0.6) is 0 Å². The lowest BCUT2D eigenvalue weighted by Gasteiger charge is -2.39. The standard InChI is InChI=1S/C13H26N2O3/c1-12(2,17)10-14-6-8-15(9-7-14)11(16)13(3,4)18-5/h17H,6-10H2,1-5H3. The summed E-state index contributed by atoms with van der Waals surface area (Å²) in [5.74, 6) is 0.0351. The van der Waals surface area contributed by atoms with E-state index in [0.29, 0.717) is 19.6 Å². The van der Waals surface area contributed by atoms with Gasteiger partial charge in [0.15, 0.2) is 0 Å². The summed E-state index contributed by atoms with van der Waals surface area (Å²) < 4.78 is 5.22. The summed E-state index contributed by atoms with van der Waals surface area (Å²) in [4.78, 5) is 16.2. The Morgan fingerprint density at radius 2 is 1.67 bits per heavy atom. The molecule has 0 aromatic heterocycles. The first-order valence-corrected chi connectivity index (χ1v) is 6.45. The summed E-state index contributed by atoms with van der Waals surface area (Å²) >= 11 is 0. The van der Waals surface area contributed by atoms with Crippen molar-refractivity contribution in [3.63, 3.8) is 0 Å². The van der Waals surface area contributed by atoms with Gasteiger partial charge in [-0.1, -0.05) is 0 Å². The zero-order chi connectivity index (χ0) is 14.0. The maximum Gasteiger partial charge on any atom is 0.254 e. The summed E-state index contributed by atoms with van der Waals surface area (Å²) in [5, 5.41) is 9.77. The van der Waals surface area contributed by atoms with Crippen LogP contribution in [0.3, 0.4) is 0 Å². The highest BCUT2D eigenvalue weighted by Gasteiger charge is 2.34. The lowest BCUT2D eigenvalue weighted by atomic mass is 10.1. The van der Waals surface area contributed by atoms with Gasteiger partial charge < -0.3 is 14.7 Å². The van der Waals surface area contributed by atoms with Crippen LogP contribution in [0.15, 0.2) is 0 Å². The number of carbonyl (C=O) groups is 1. The Bertz CT molecular complexity index is 289. The third-order valence-electron chi connectivity index (χ3n) is 3.30. The van der Waals surface area contributed by atoms with E-state index in [1.807, 2.05) is 4.90 Å². The number of β-amino-alcohol motifs (C(OH)–C–C–N with tert-alkyl or cyclic N) is 1. The second-order valence-electron chi connectivity index (χ2n) is 6.10. The summed E-state index contributed by atoms with van der Waals surface area (Å²) in [6.45, 7) is 10.8. The van der Waals surface area contributed by atoms with Crippen molar-refractivity contribution in [1.29, 1.82) is 0 Å². The molecule has 1 heterocycles. The van der Waals surface area contributed by atoms with E-state index in [1.165, 1.54) is 0 Å². The monoisotopic (exact) mass is 258 g/mol. The number of nitrogens with zero attached hydrogens (tertiary/aromatic N) is 2. The van der Waals surface area contributed by atoms with Crippen LogP contribution in [0.25, 0.3) is 0 Å². The van der Waals surface area contributed by atoms with Gasteiger partial charge in [0.25, 0.3) is 5.91 Å². The minimum Gasteiger partial charge on any atom is -0.389 e. The molecule has 1 fully saturated rings. The molecule has 1 N–H and O–H groups in total. The van der Waals surface area contributed by atoms with Crippen LogP contribution >= 0.6 is 0 Å². The fourth-order valence-electron chi connectivity index (χ4n) is 2.12. The summed E-state index contributed by atoms with van der Waals surface area (Å²) in [5.41, 5.74) is -1.43. The fourth-order valence-corrected chi connectivity index (χ4v) is 2.12. The van der Waals surface area contributed by atoms with E-state index in [1.54, 1.807) is 34.8 Å². The molecule has 1 aliphatic rings. The van der Waals surface area contributed by atoms with E-state index in [-0.39, 0.29) is 5.91 Å². The molecule has 1 rings (SSSR count). The van der Waals surface area contributed by atoms with Gasteiger partial charge in [0, 0.05) is 39.8 Å². The second kappa shape index (κ2) is 5.55. The van der Waals surface area contributed by atoms with E-state index in [2.05, 4.69) is 4.90 Å². The molecule has 0 radical (unpaired) electrons. The Balaban J connectivity index is 2.47. The molecule has 0 aromatic carbocycles. The lowest BCUT2D eigenvalue weighted by molar-refractivity contribution is -0.153. The average molecular weight is 258 g/mol. The molecule has 18 heavy (non-hydrogen) atoms. The van der Waals surface area contributed by atoms with Gasteiger partial charge in [-0.2, -0.15) is 0 Å². The van der Waals surface area contributed by atoms with E-state index < -0.39 is 11.2 Å². The zero-order valence-corrected chi connectivity index (χ0v) is 12.2. The first-order chi connectivity index (χ1) is 8.15. The molecule has 0 saturated carbocycles. The van der Waals surface area contributed by atoms with Gasteiger partial charge in [-0.15, -0.1) is 0 Å². The third kappa shape index (κ3) is 4.23. The Labute approximate surface area is 110 Å². The Morgan fingerprint density at radius 3 is 2.06 bits per heavy atom. The molecule has 0 spiro atoms. The van der Waals surface area contributed by atoms with Crippen LogP contribution in [0.4, 0.5) is 0 Å². The zero-order valence-electron chi connectivity index (χ0n) is 12.2. The minimum atomic E-state index is -0.752. The number of rotatable bonds is 4. The van der Waals surface area contributed by atoms with Gasteiger partial charge in [-0.05, 0) is 27.7 Å². The minimum absolute atomic E-state index is 0.0351. The number of aliphatic hydroxyl groups is 1. The highest BCUT2D eigenvalue weighted by Crippen LogP contribution is 2.15. The van der Waals surface area contributed by atoms with E-state index in [9.17, 15) is 9.90 Å². The fraction of sp³-hybridized carbons (Fsp3) is 0.923. The van der Waals surface area contributed by atoms with E-state index in [4.69, 9.17) is 4.74 Å². The van der Waals surface area contributed by atoms with Crippen molar-refractivity contribution in [3.05, 3.63) is 0 Å². The number of amides is 1. The molecule has 0 aromatic rings. The van der Waals surface area contributed by atoms with Gasteiger partial charge in [-0.3, -0.25) is 9.69 Å². The summed E-state index contributed by atoms with van der Waals surface area (Å²) in [6.07, 6.45) is 0. The van der Waals surface area contributed by atoms with Gasteiger partial charge in [0.05, 0.1) is 5.60 Å². The van der Waals surface area contributed by atoms with Crippen molar-refractivity contribution in [2.75, 3.05) is 39.8 Å². The van der Waals surface area contributed by atoms with Crippen molar-refractivity contribution in [2.24, 2.45) is 0 Å². The number of hydrogen-bond donors (Lipinski definition) is 1. The Hall–Kier alpha value is -0.650. The average Bonchev–Trinajstić information content (AvgIpc) is 2.27. The van der Waals surface area contributed by atoms with Gasteiger partial charge in [0.1, 0.15) is 5.60 Å². The molecule has 1 saturated heterocycles. The maximum atomic E-state index is 12.2. The van der Waals surface area contributed by atoms with Crippen LogP contribution in [-0.2, 0) is 9.53 Å². The first-order valence-electron chi connectivity index (χ1n) is 6.45. The molecule has 5 heteroatoms. The molecule has 0 bridgehead atoms. The summed E-state index contributed by atoms with van der Waals surface area (Å²) in [6, 6.07) is 0. The van der Waals surface area contributed by atoms with Gasteiger partial charge in [-0.25, -0.2) is 0 Å². The van der Waals surface area contributed by atoms with Crippen LogP contribution in [0, 0.1) is 0 Å². The first kappa shape index (κ1) is 15.4. The molecule has 1 amide bonds. The molecule has 0 unspecified atom stereocenters. The molecule has 0 atom stereocenters. The van der Waals surface area contributed by atoms with Crippen molar-refractivity contribution in [2.45, 2.75) is 38.9 Å². The van der Waals surface area contributed by atoms with Crippen molar-refractivity contribution >= 4 is 5.91 Å².